The molecule has 6 heteroatoms. The highest BCUT2D eigenvalue weighted by Gasteiger charge is 2.35. The Bertz CT molecular complexity index is 846. The van der Waals surface area contributed by atoms with E-state index in [0.29, 0.717) is 33.0 Å². The van der Waals surface area contributed by atoms with E-state index in [0.717, 1.165) is 4.90 Å². The summed E-state index contributed by atoms with van der Waals surface area (Å²) in [7, 11) is 1.41. The van der Waals surface area contributed by atoms with Crippen LogP contribution in [0.3, 0.4) is 0 Å². The van der Waals surface area contributed by atoms with Gasteiger partial charge in [0.05, 0.1) is 0 Å². The third-order valence-corrected chi connectivity index (χ3v) is 3.95. The van der Waals surface area contributed by atoms with Crippen molar-refractivity contribution in [3.05, 3.63) is 46.5 Å². The van der Waals surface area contributed by atoms with E-state index in [2.05, 4.69) is 5.32 Å². The Labute approximate surface area is 132 Å². The van der Waals surface area contributed by atoms with Crippen molar-refractivity contribution in [2.24, 2.45) is 0 Å². The van der Waals surface area contributed by atoms with E-state index in [-0.39, 0.29) is 0 Å². The third kappa shape index (κ3) is 1.81. The number of carbonyl (C=O) groups is 4. The average molecular weight is 310 g/mol. The first-order chi connectivity index (χ1) is 11.0. The quantitative estimate of drug-likeness (QED) is 0.754. The van der Waals surface area contributed by atoms with Gasteiger partial charge in [0.15, 0.2) is 0 Å². The fourth-order valence-electron chi connectivity index (χ4n) is 2.92. The van der Waals surface area contributed by atoms with Crippen LogP contribution in [0.25, 0.3) is 10.8 Å². The van der Waals surface area contributed by atoms with E-state index < -0.39 is 23.6 Å². The molecule has 6 nitrogen and oxygen atoms in total. The molecule has 2 aromatic carbocycles. The molecule has 0 bridgehead atoms. The highest BCUT2D eigenvalue weighted by Crippen LogP contribution is 2.35. The van der Waals surface area contributed by atoms with Crippen molar-refractivity contribution in [1.29, 1.82) is 0 Å². The van der Waals surface area contributed by atoms with Gasteiger partial charge in [-0.3, -0.25) is 29.4 Å². The van der Waals surface area contributed by atoms with Gasteiger partial charge in [-0.15, -0.1) is 0 Å². The lowest BCUT2D eigenvalue weighted by Crippen LogP contribution is -2.39. The molecule has 0 saturated heterocycles. The zero-order chi connectivity index (χ0) is 16.9. The zero-order valence-electron chi connectivity index (χ0n) is 12.9. The van der Waals surface area contributed by atoms with Crippen molar-refractivity contribution in [2.45, 2.75) is 13.8 Å². The molecule has 4 rings (SSSR count). The van der Waals surface area contributed by atoms with Gasteiger partial charge in [0.25, 0.3) is 23.6 Å². The van der Waals surface area contributed by atoms with Crippen molar-refractivity contribution in [3.8, 4) is 0 Å². The molecule has 0 unspecified atom stereocenters. The van der Waals surface area contributed by atoms with Gasteiger partial charge in [-0.25, -0.2) is 0 Å². The molecule has 0 aliphatic carbocycles. The van der Waals surface area contributed by atoms with E-state index >= 15 is 0 Å². The largest absolute Gasteiger partial charge is 0.288 e. The van der Waals surface area contributed by atoms with Gasteiger partial charge in [-0.05, 0) is 24.3 Å². The van der Waals surface area contributed by atoms with Gasteiger partial charge >= 0.3 is 0 Å². The van der Waals surface area contributed by atoms with E-state index in [1.165, 1.54) is 31.3 Å². The number of amides is 4. The number of hydrogen-bond donors (Lipinski definition) is 1. The molecule has 23 heavy (non-hydrogen) atoms. The monoisotopic (exact) mass is 310 g/mol. The summed E-state index contributed by atoms with van der Waals surface area (Å²) in [5.41, 5.74) is 1.26. The van der Waals surface area contributed by atoms with E-state index in [4.69, 9.17) is 0 Å². The van der Waals surface area contributed by atoms with Crippen molar-refractivity contribution in [3.63, 3.8) is 0 Å². The van der Waals surface area contributed by atoms with Crippen LogP contribution in [-0.4, -0.2) is 35.6 Å². The van der Waals surface area contributed by atoms with Crippen LogP contribution in [0.15, 0.2) is 24.3 Å². The Hall–Kier alpha value is -3.02. The highest BCUT2D eigenvalue weighted by atomic mass is 16.2. The Morgan fingerprint density at radius 3 is 1.48 bits per heavy atom. The maximum absolute atomic E-state index is 12.2. The second-order valence-corrected chi connectivity index (χ2v) is 5.02. The van der Waals surface area contributed by atoms with Gasteiger partial charge < -0.3 is 0 Å². The zero-order valence-corrected chi connectivity index (χ0v) is 12.9. The Morgan fingerprint density at radius 2 is 1.04 bits per heavy atom. The minimum absolute atomic E-state index is 0.301. The number of nitrogens with one attached hydrogen (secondary N) is 1. The fraction of sp³-hybridized carbons (Fsp3) is 0.176. The smallest absolute Gasteiger partial charge is 0.261 e. The molecule has 2 aliphatic rings. The molecule has 116 valence electrons. The first-order valence-electron chi connectivity index (χ1n) is 7.28. The van der Waals surface area contributed by atoms with Gasteiger partial charge in [-0.1, -0.05) is 13.8 Å². The Kier molecular flexibility index (Phi) is 3.25. The van der Waals surface area contributed by atoms with Crippen LogP contribution < -0.4 is 5.32 Å². The molecule has 2 aliphatic heterocycles. The molecule has 0 fully saturated rings. The summed E-state index contributed by atoms with van der Waals surface area (Å²) in [5.74, 6) is -1.91. The molecule has 0 spiro atoms. The SMILES string of the molecule is CC.CN1C(=O)c2ccc3c4c(ccc(c24)C1=O)C(=O)NC3=O. The minimum atomic E-state index is -0.518. The highest BCUT2D eigenvalue weighted by molar-refractivity contribution is 6.33. The molecule has 0 atom stereocenters. The lowest BCUT2D eigenvalue weighted by Gasteiger charge is -2.26. The Balaban J connectivity index is 0.000000753. The van der Waals surface area contributed by atoms with Crippen LogP contribution in [0.1, 0.15) is 55.3 Å². The summed E-state index contributed by atoms with van der Waals surface area (Å²) in [6.45, 7) is 4.00. The van der Waals surface area contributed by atoms with Crippen molar-refractivity contribution in [1.82, 2.24) is 10.2 Å². The normalized spacial score (nSPS) is 15.3. The van der Waals surface area contributed by atoms with Crippen LogP contribution >= 0.6 is 0 Å². The standard InChI is InChI=1S/C15H8N2O4.C2H6/c1-17-14(20)8-4-2-6-10-7(13(19)16-12(6)18)3-5-9(11(8)10)15(17)21;1-2/h2-5H,1H3,(H,16,18,19);1-2H3. The summed E-state index contributed by atoms with van der Waals surface area (Å²) in [6.07, 6.45) is 0. The molecule has 0 radical (unpaired) electrons. The first kappa shape index (κ1) is 14.9. The van der Waals surface area contributed by atoms with E-state index in [1.807, 2.05) is 13.8 Å². The van der Waals surface area contributed by atoms with Crippen LogP contribution in [0.4, 0.5) is 0 Å². The summed E-state index contributed by atoms with van der Waals surface area (Å²) in [4.78, 5) is 49.3. The number of imide groups is 2. The van der Waals surface area contributed by atoms with Gasteiger partial charge in [0, 0.05) is 40.1 Å². The molecule has 2 heterocycles. The summed E-state index contributed by atoms with van der Waals surface area (Å²) >= 11 is 0. The predicted molar refractivity (Wildman–Crippen MR) is 83.5 cm³/mol. The third-order valence-electron chi connectivity index (χ3n) is 3.95. The topological polar surface area (TPSA) is 83.6 Å². The molecule has 0 saturated carbocycles. The summed E-state index contributed by atoms with van der Waals surface area (Å²) in [6, 6.07) is 6.06. The molecule has 2 aromatic rings. The van der Waals surface area contributed by atoms with E-state index in [1.54, 1.807) is 0 Å². The summed E-state index contributed by atoms with van der Waals surface area (Å²) in [5, 5.41) is 3.02. The van der Waals surface area contributed by atoms with Crippen molar-refractivity contribution in [2.75, 3.05) is 7.05 Å². The van der Waals surface area contributed by atoms with Crippen LogP contribution in [0.2, 0.25) is 0 Å². The molecular weight excluding hydrogens is 296 g/mol. The maximum Gasteiger partial charge on any atom is 0.261 e. The van der Waals surface area contributed by atoms with Gasteiger partial charge in [0.2, 0.25) is 0 Å². The minimum Gasteiger partial charge on any atom is -0.288 e. The van der Waals surface area contributed by atoms with Gasteiger partial charge in [-0.2, -0.15) is 0 Å². The van der Waals surface area contributed by atoms with Crippen LogP contribution in [0.5, 0.6) is 0 Å². The maximum atomic E-state index is 12.2. The molecule has 4 amide bonds. The lowest BCUT2D eigenvalue weighted by atomic mass is 9.87. The number of rotatable bonds is 0. The lowest BCUT2D eigenvalue weighted by molar-refractivity contribution is 0.0648. The van der Waals surface area contributed by atoms with E-state index in [9.17, 15) is 19.2 Å². The molecular formula is C17H14N2O4. The van der Waals surface area contributed by atoms with Gasteiger partial charge in [0.1, 0.15) is 0 Å². The first-order valence-corrected chi connectivity index (χ1v) is 7.28. The average Bonchev–Trinajstić information content (AvgIpc) is 2.57. The summed E-state index contributed by atoms with van der Waals surface area (Å²) < 4.78 is 0. The van der Waals surface area contributed by atoms with Crippen molar-refractivity contribution >= 4 is 34.4 Å². The predicted octanol–water partition coefficient (Wildman–Crippen LogP) is 1.98. The second-order valence-electron chi connectivity index (χ2n) is 5.02. The van der Waals surface area contributed by atoms with Crippen LogP contribution in [0, 0.1) is 0 Å². The molecule has 1 N–H and O–H groups in total. The second kappa shape index (κ2) is 5.01. The Morgan fingerprint density at radius 1 is 0.696 bits per heavy atom. The fourth-order valence-corrected chi connectivity index (χ4v) is 2.92. The van der Waals surface area contributed by atoms with Crippen molar-refractivity contribution < 1.29 is 19.2 Å². The number of benzene rings is 2. The molecule has 0 aromatic heterocycles. The van der Waals surface area contributed by atoms with Crippen LogP contribution in [-0.2, 0) is 0 Å². The number of hydrogen-bond acceptors (Lipinski definition) is 4. The number of carbonyl (C=O) groups excluding carboxylic acids is 4. The number of nitrogens with zero attached hydrogens (tertiary/aromatic N) is 1.